The molecule has 0 unspecified atom stereocenters. The quantitative estimate of drug-likeness (QED) is 0.689. The second-order valence-corrected chi connectivity index (χ2v) is 3.24. The van der Waals surface area contributed by atoms with E-state index in [-0.39, 0.29) is 6.10 Å². The molecule has 4 heteroatoms. The van der Waals surface area contributed by atoms with E-state index in [0.717, 1.165) is 0 Å². The van der Waals surface area contributed by atoms with Crippen LogP contribution in [-0.4, -0.2) is 24.3 Å². The normalized spacial score (nSPS) is 10.0. The van der Waals surface area contributed by atoms with Crippen LogP contribution in [0.15, 0.2) is 18.2 Å². The summed E-state index contributed by atoms with van der Waals surface area (Å²) in [6.07, 6.45) is 0.201. The Balaban J connectivity index is 2.35. The van der Waals surface area contributed by atoms with Crippen molar-refractivity contribution < 1.29 is 9.47 Å². The van der Waals surface area contributed by atoms with Gasteiger partial charge in [-0.2, -0.15) is 5.26 Å². The molecule has 1 rings (SSSR count). The van der Waals surface area contributed by atoms with Gasteiger partial charge in [-0.15, -0.1) is 0 Å². The predicted molar refractivity (Wildman–Crippen MR) is 55.5 cm³/mol. The van der Waals surface area contributed by atoms with Gasteiger partial charge in [-0.05, 0) is 19.9 Å². The van der Waals surface area contributed by atoms with E-state index in [4.69, 9.17) is 14.7 Å². The minimum Gasteiger partial charge on any atom is -0.475 e. The van der Waals surface area contributed by atoms with Crippen LogP contribution < -0.4 is 4.74 Å². The van der Waals surface area contributed by atoms with Gasteiger partial charge in [0.25, 0.3) is 0 Å². The Morgan fingerprint density at radius 2 is 2.20 bits per heavy atom. The highest BCUT2D eigenvalue weighted by atomic mass is 16.5. The van der Waals surface area contributed by atoms with Gasteiger partial charge in [0.2, 0.25) is 5.88 Å². The molecule has 0 aliphatic heterocycles. The fraction of sp³-hybridized carbons (Fsp3) is 0.455. The number of nitriles is 1. The molecule has 0 aliphatic carbocycles. The summed E-state index contributed by atoms with van der Waals surface area (Å²) < 4.78 is 10.6. The van der Waals surface area contributed by atoms with Crippen molar-refractivity contribution in [1.82, 2.24) is 4.98 Å². The van der Waals surface area contributed by atoms with Crippen molar-refractivity contribution in [2.24, 2.45) is 0 Å². The molecule has 15 heavy (non-hydrogen) atoms. The molecule has 1 heterocycles. The van der Waals surface area contributed by atoms with E-state index in [1.54, 1.807) is 18.2 Å². The number of aromatic nitrogens is 1. The summed E-state index contributed by atoms with van der Waals surface area (Å²) in [6.45, 7) is 4.90. The second kappa shape index (κ2) is 5.99. The van der Waals surface area contributed by atoms with Crippen LogP contribution in [-0.2, 0) is 4.74 Å². The molecule has 0 spiro atoms. The highest BCUT2D eigenvalue weighted by Crippen LogP contribution is 2.06. The zero-order chi connectivity index (χ0) is 11.1. The van der Waals surface area contributed by atoms with Gasteiger partial charge >= 0.3 is 0 Å². The third-order valence-corrected chi connectivity index (χ3v) is 1.62. The van der Waals surface area contributed by atoms with Gasteiger partial charge in [-0.25, -0.2) is 4.98 Å². The maximum absolute atomic E-state index is 8.61. The summed E-state index contributed by atoms with van der Waals surface area (Å²) >= 11 is 0. The van der Waals surface area contributed by atoms with E-state index in [1.165, 1.54) is 0 Å². The molecule has 0 bridgehead atoms. The summed E-state index contributed by atoms with van der Waals surface area (Å²) in [5.41, 5.74) is 0.359. The Hall–Kier alpha value is -1.60. The first-order valence-electron chi connectivity index (χ1n) is 4.84. The summed E-state index contributed by atoms with van der Waals surface area (Å²) in [6, 6.07) is 7.05. The molecule has 0 fully saturated rings. The highest BCUT2D eigenvalue weighted by molar-refractivity contribution is 5.24. The number of nitrogens with zero attached hydrogens (tertiary/aromatic N) is 2. The molecule has 0 aromatic carbocycles. The van der Waals surface area contributed by atoms with Gasteiger partial charge in [0.15, 0.2) is 0 Å². The Kier molecular flexibility index (Phi) is 4.58. The summed E-state index contributed by atoms with van der Waals surface area (Å²) in [7, 11) is 0. The largest absolute Gasteiger partial charge is 0.475 e. The average molecular weight is 206 g/mol. The number of rotatable bonds is 5. The number of pyridine rings is 1. The molecule has 4 nitrogen and oxygen atoms in total. The molecular weight excluding hydrogens is 192 g/mol. The van der Waals surface area contributed by atoms with E-state index < -0.39 is 0 Å². The fourth-order valence-corrected chi connectivity index (χ4v) is 0.988. The molecule has 1 aromatic heterocycles. The first-order valence-corrected chi connectivity index (χ1v) is 4.84. The van der Waals surface area contributed by atoms with Crippen molar-refractivity contribution in [3.8, 4) is 11.9 Å². The van der Waals surface area contributed by atoms with E-state index in [1.807, 2.05) is 19.9 Å². The lowest BCUT2D eigenvalue weighted by Gasteiger charge is -2.08. The lowest BCUT2D eigenvalue weighted by atomic mass is 10.4. The average Bonchev–Trinajstić information content (AvgIpc) is 2.24. The standard InChI is InChI=1S/C11H14N2O2/c1-9(2)14-6-7-15-11-5-3-4-10(8-12)13-11/h3-5,9H,6-7H2,1-2H3. The van der Waals surface area contributed by atoms with Crippen LogP contribution in [0.1, 0.15) is 19.5 Å². The van der Waals surface area contributed by atoms with E-state index >= 15 is 0 Å². The molecule has 1 aromatic rings. The minimum absolute atomic E-state index is 0.201. The Labute approximate surface area is 89.5 Å². The summed E-state index contributed by atoms with van der Waals surface area (Å²) in [5.74, 6) is 0.460. The molecular formula is C11H14N2O2. The monoisotopic (exact) mass is 206 g/mol. The van der Waals surface area contributed by atoms with Crippen molar-refractivity contribution >= 4 is 0 Å². The lowest BCUT2D eigenvalue weighted by molar-refractivity contribution is 0.0542. The maximum Gasteiger partial charge on any atom is 0.214 e. The van der Waals surface area contributed by atoms with Gasteiger partial charge in [-0.1, -0.05) is 6.07 Å². The van der Waals surface area contributed by atoms with Crippen LogP contribution in [0.3, 0.4) is 0 Å². The van der Waals surface area contributed by atoms with Crippen LogP contribution in [0.2, 0.25) is 0 Å². The Morgan fingerprint density at radius 3 is 2.87 bits per heavy atom. The molecule has 0 atom stereocenters. The van der Waals surface area contributed by atoms with E-state index in [9.17, 15) is 0 Å². The van der Waals surface area contributed by atoms with Crippen LogP contribution in [0.5, 0.6) is 5.88 Å². The molecule has 0 saturated heterocycles. The van der Waals surface area contributed by atoms with Crippen molar-refractivity contribution in [3.05, 3.63) is 23.9 Å². The highest BCUT2D eigenvalue weighted by Gasteiger charge is 1.98. The van der Waals surface area contributed by atoms with Gasteiger partial charge in [0, 0.05) is 6.07 Å². The zero-order valence-electron chi connectivity index (χ0n) is 8.93. The van der Waals surface area contributed by atoms with Crippen LogP contribution >= 0.6 is 0 Å². The van der Waals surface area contributed by atoms with Crippen molar-refractivity contribution in [1.29, 1.82) is 5.26 Å². The van der Waals surface area contributed by atoms with Crippen molar-refractivity contribution in [3.63, 3.8) is 0 Å². The zero-order valence-corrected chi connectivity index (χ0v) is 8.93. The number of ether oxygens (including phenoxy) is 2. The van der Waals surface area contributed by atoms with Gasteiger partial charge < -0.3 is 9.47 Å². The van der Waals surface area contributed by atoms with Crippen molar-refractivity contribution in [2.45, 2.75) is 20.0 Å². The third-order valence-electron chi connectivity index (χ3n) is 1.62. The smallest absolute Gasteiger partial charge is 0.214 e. The lowest BCUT2D eigenvalue weighted by Crippen LogP contribution is -2.11. The molecule has 0 aliphatic rings. The molecule has 0 radical (unpaired) electrons. The van der Waals surface area contributed by atoms with E-state index in [2.05, 4.69) is 4.98 Å². The fourth-order valence-electron chi connectivity index (χ4n) is 0.988. The van der Waals surface area contributed by atoms with Gasteiger partial charge in [-0.3, -0.25) is 0 Å². The SMILES string of the molecule is CC(C)OCCOc1cccc(C#N)n1. The predicted octanol–water partition coefficient (Wildman–Crippen LogP) is 1.76. The van der Waals surface area contributed by atoms with Gasteiger partial charge in [0.1, 0.15) is 18.4 Å². The Bertz CT molecular complexity index is 345. The number of hydrogen-bond donors (Lipinski definition) is 0. The van der Waals surface area contributed by atoms with Gasteiger partial charge in [0.05, 0.1) is 12.7 Å². The molecule has 0 N–H and O–H groups in total. The molecule has 0 saturated carbocycles. The first kappa shape index (κ1) is 11.5. The molecule has 0 amide bonds. The van der Waals surface area contributed by atoms with Crippen LogP contribution in [0, 0.1) is 11.3 Å². The summed E-state index contributed by atoms with van der Waals surface area (Å²) in [5, 5.41) is 8.61. The summed E-state index contributed by atoms with van der Waals surface area (Å²) in [4.78, 5) is 3.97. The second-order valence-electron chi connectivity index (χ2n) is 3.24. The number of hydrogen-bond acceptors (Lipinski definition) is 4. The first-order chi connectivity index (χ1) is 7.22. The van der Waals surface area contributed by atoms with Crippen LogP contribution in [0.25, 0.3) is 0 Å². The van der Waals surface area contributed by atoms with Crippen LogP contribution in [0.4, 0.5) is 0 Å². The third kappa shape index (κ3) is 4.43. The van der Waals surface area contributed by atoms with Crippen molar-refractivity contribution in [2.75, 3.05) is 13.2 Å². The van der Waals surface area contributed by atoms with E-state index in [0.29, 0.717) is 24.8 Å². The minimum atomic E-state index is 0.201. The topological polar surface area (TPSA) is 55.1 Å². The maximum atomic E-state index is 8.61. The molecule has 80 valence electrons. The Morgan fingerprint density at radius 1 is 1.40 bits per heavy atom.